The molecule has 1 aliphatic heterocycles. The van der Waals surface area contributed by atoms with Gasteiger partial charge in [-0.2, -0.15) is 0 Å². The van der Waals surface area contributed by atoms with E-state index in [1.165, 1.54) is 5.56 Å². The van der Waals surface area contributed by atoms with E-state index in [0.29, 0.717) is 11.1 Å². The third-order valence-corrected chi connectivity index (χ3v) is 5.56. The lowest BCUT2D eigenvalue weighted by molar-refractivity contribution is 0.198. The Morgan fingerprint density at radius 1 is 0.815 bits per heavy atom. The monoisotopic (exact) mass is 390 g/mol. The van der Waals surface area contributed by atoms with Crippen LogP contribution >= 0.6 is 11.6 Å². The van der Waals surface area contributed by atoms with Crippen molar-refractivity contribution in [1.82, 2.24) is 4.90 Å². The molecule has 3 rings (SSSR count). The van der Waals surface area contributed by atoms with E-state index in [1.54, 1.807) is 21.3 Å². The number of methoxy groups -OCH3 is 3. The van der Waals surface area contributed by atoms with E-state index >= 15 is 0 Å². The topological polar surface area (TPSA) is 34.2 Å². The normalized spacial score (nSPS) is 16.1. The van der Waals surface area contributed by atoms with Gasteiger partial charge >= 0.3 is 0 Å². The van der Waals surface area contributed by atoms with Crippen molar-refractivity contribution in [3.63, 3.8) is 0 Å². The minimum Gasteiger partial charge on any atom is -0.495 e. The maximum absolute atomic E-state index is 6.14. The SMILES string of the molecule is COc1cc(N2CCN(C(C)c3ccc(OC)c(OC)c3)CC2)ccc1Cl. The summed E-state index contributed by atoms with van der Waals surface area (Å²) in [5.41, 5.74) is 2.38. The van der Waals surface area contributed by atoms with Crippen LogP contribution in [0, 0.1) is 0 Å². The van der Waals surface area contributed by atoms with Crippen LogP contribution in [0.4, 0.5) is 5.69 Å². The Kier molecular flexibility index (Phi) is 6.34. The maximum atomic E-state index is 6.14. The summed E-state index contributed by atoms with van der Waals surface area (Å²) in [5, 5.41) is 0.641. The van der Waals surface area contributed by atoms with Gasteiger partial charge in [0.2, 0.25) is 0 Å². The fourth-order valence-electron chi connectivity index (χ4n) is 3.54. The minimum absolute atomic E-state index is 0.312. The molecule has 0 saturated carbocycles. The van der Waals surface area contributed by atoms with E-state index in [-0.39, 0.29) is 0 Å². The molecule has 1 fully saturated rings. The molecule has 0 radical (unpaired) electrons. The first-order chi connectivity index (χ1) is 13.1. The van der Waals surface area contributed by atoms with Gasteiger partial charge in [0.15, 0.2) is 11.5 Å². The van der Waals surface area contributed by atoms with E-state index in [0.717, 1.165) is 49.1 Å². The van der Waals surface area contributed by atoms with Crippen LogP contribution in [0.3, 0.4) is 0 Å². The van der Waals surface area contributed by atoms with Crippen molar-refractivity contribution in [3.05, 3.63) is 47.0 Å². The molecule has 0 bridgehead atoms. The van der Waals surface area contributed by atoms with E-state index < -0.39 is 0 Å². The summed E-state index contributed by atoms with van der Waals surface area (Å²) in [4.78, 5) is 4.86. The Balaban J connectivity index is 1.66. The van der Waals surface area contributed by atoms with Crippen LogP contribution in [0.1, 0.15) is 18.5 Å². The van der Waals surface area contributed by atoms with Crippen LogP contribution in [0.2, 0.25) is 5.02 Å². The Morgan fingerprint density at radius 2 is 1.48 bits per heavy atom. The van der Waals surface area contributed by atoms with Crippen LogP contribution in [-0.2, 0) is 0 Å². The number of nitrogens with zero attached hydrogens (tertiary/aromatic N) is 2. The summed E-state index contributed by atoms with van der Waals surface area (Å²) in [6.45, 7) is 6.13. The molecule has 1 saturated heterocycles. The molecule has 1 unspecified atom stereocenters. The molecule has 1 aliphatic rings. The van der Waals surface area contributed by atoms with Crippen LogP contribution in [0.15, 0.2) is 36.4 Å². The highest BCUT2D eigenvalue weighted by molar-refractivity contribution is 6.32. The first-order valence-corrected chi connectivity index (χ1v) is 9.49. The largest absolute Gasteiger partial charge is 0.495 e. The average molecular weight is 391 g/mol. The number of benzene rings is 2. The first-order valence-electron chi connectivity index (χ1n) is 9.11. The second-order valence-electron chi connectivity index (χ2n) is 6.63. The highest BCUT2D eigenvalue weighted by Gasteiger charge is 2.23. The van der Waals surface area contributed by atoms with Gasteiger partial charge in [-0.3, -0.25) is 4.90 Å². The van der Waals surface area contributed by atoms with Crippen molar-refractivity contribution in [2.24, 2.45) is 0 Å². The molecule has 146 valence electrons. The van der Waals surface area contributed by atoms with Gasteiger partial charge in [0, 0.05) is 44.0 Å². The summed E-state index contributed by atoms with van der Waals surface area (Å²) in [7, 11) is 4.98. The van der Waals surface area contributed by atoms with Crippen molar-refractivity contribution in [3.8, 4) is 17.2 Å². The Labute approximate surface area is 166 Å². The first kappa shape index (κ1) is 19.6. The van der Waals surface area contributed by atoms with Crippen LogP contribution in [-0.4, -0.2) is 52.4 Å². The zero-order chi connectivity index (χ0) is 19.4. The van der Waals surface area contributed by atoms with Gasteiger partial charge in [-0.05, 0) is 36.8 Å². The Morgan fingerprint density at radius 3 is 2.11 bits per heavy atom. The molecule has 1 heterocycles. The van der Waals surface area contributed by atoms with Crippen molar-refractivity contribution < 1.29 is 14.2 Å². The van der Waals surface area contributed by atoms with Gasteiger partial charge in [0.25, 0.3) is 0 Å². The van der Waals surface area contributed by atoms with Gasteiger partial charge < -0.3 is 19.1 Å². The summed E-state index contributed by atoms with van der Waals surface area (Å²) >= 11 is 6.14. The van der Waals surface area contributed by atoms with Gasteiger partial charge in [-0.25, -0.2) is 0 Å². The van der Waals surface area contributed by atoms with Crippen molar-refractivity contribution in [2.45, 2.75) is 13.0 Å². The van der Waals surface area contributed by atoms with E-state index in [1.807, 2.05) is 18.2 Å². The molecule has 6 heteroatoms. The fourth-order valence-corrected chi connectivity index (χ4v) is 3.73. The number of hydrogen-bond donors (Lipinski definition) is 0. The molecular formula is C21H27ClN2O3. The predicted octanol–water partition coefficient (Wildman–Crippen LogP) is 4.25. The third kappa shape index (κ3) is 4.25. The van der Waals surface area contributed by atoms with E-state index in [2.05, 4.69) is 34.9 Å². The number of anilines is 1. The van der Waals surface area contributed by atoms with Crippen molar-refractivity contribution in [2.75, 3.05) is 52.4 Å². The highest BCUT2D eigenvalue weighted by Crippen LogP contribution is 2.33. The smallest absolute Gasteiger partial charge is 0.161 e. The minimum atomic E-state index is 0.312. The highest BCUT2D eigenvalue weighted by atomic mass is 35.5. The lowest BCUT2D eigenvalue weighted by atomic mass is 10.0. The van der Waals surface area contributed by atoms with Crippen LogP contribution < -0.4 is 19.1 Å². The van der Waals surface area contributed by atoms with Gasteiger partial charge in [-0.15, -0.1) is 0 Å². The molecule has 0 spiro atoms. The maximum Gasteiger partial charge on any atom is 0.161 e. The molecule has 2 aromatic carbocycles. The molecule has 27 heavy (non-hydrogen) atoms. The van der Waals surface area contributed by atoms with Crippen LogP contribution in [0.25, 0.3) is 0 Å². The van der Waals surface area contributed by atoms with Crippen LogP contribution in [0.5, 0.6) is 17.2 Å². The fraction of sp³-hybridized carbons (Fsp3) is 0.429. The Bertz CT molecular complexity index is 776. The Hall–Kier alpha value is -2.11. The molecule has 0 aromatic heterocycles. The quantitative estimate of drug-likeness (QED) is 0.736. The molecule has 0 amide bonds. The summed E-state index contributed by atoms with van der Waals surface area (Å²) in [6.07, 6.45) is 0. The molecule has 1 atom stereocenters. The second kappa shape index (κ2) is 8.72. The lowest BCUT2D eigenvalue weighted by Crippen LogP contribution is -2.47. The molecule has 0 aliphatic carbocycles. The van der Waals surface area contributed by atoms with Crippen molar-refractivity contribution >= 4 is 17.3 Å². The molecule has 0 N–H and O–H groups in total. The number of rotatable bonds is 6. The second-order valence-corrected chi connectivity index (χ2v) is 7.04. The number of ether oxygens (including phenoxy) is 3. The number of halogens is 1. The number of piperazine rings is 1. The summed E-state index contributed by atoms with van der Waals surface area (Å²) in [6, 6.07) is 12.4. The predicted molar refractivity (Wildman–Crippen MR) is 110 cm³/mol. The van der Waals surface area contributed by atoms with Gasteiger partial charge in [-0.1, -0.05) is 17.7 Å². The molecule has 5 nitrogen and oxygen atoms in total. The van der Waals surface area contributed by atoms with Gasteiger partial charge in [0.1, 0.15) is 5.75 Å². The van der Waals surface area contributed by atoms with Gasteiger partial charge in [0.05, 0.1) is 26.4 Å². The van der Waals surface area contributed by atoms with E-state index in [4.69, 9.17) is 25.8 Å². The zero-order valence-electron chi connectivity index (χ0n) is 16.4. The summed E-state index contributed by atoms with van der Waals surface area (Å²) < 4.78 is 16.1. The lowest BCUT2D eigenvalue weighted by Gasteiger charge is -2.39. The standard InChI is InChI=1S/C21H27ClN2O3/c1-15(16-5-8-19(25-2)21(13-16)27-4)23-9-11-24(12-10-23)17-6-7-18(22)20(14-17)26-3/h5-8,13-15H,9-12H2,1-4H3. The zero-order valence-corrected chi connectivity index (χ0v) is 17.1. The number of hydrogen-bond acceptors (Lipinski definition) is 5. The third-order valence-electron chi connectivity index (χ3n) is 5.25. The van der Waals surface area contributed by atoms with Crippen molar-refractivity contribution in [1.29, 1.82) is 0 Å². The average Bonchev–Trinajstić information content (AvgIpc) is 2.73. The van der Waals surface area contributed by atoms with E-state index in [9.17, 15) is 0 Å². The molecule has 2 aromatic rings. The summed E-state index contributed by atoms with van der Waals surface area (Å²) in [5.74, 6) is 2.25. The molecular weight excluding hydrogens is 364 g/mol.